The summed E-state index contributed by atoms with van der Waals surface area (Å²) in [5.74, 6) is -2.07. The Morgan fingerprint density at radius 3 is 2.03 bits per heavy atom. The predicted octanol–water partition coefficient (Wildman–Crippen LogP) is 1.29. The van der Waals surface area contributed by atoms with Crippen LogP contribution in [0.15, 0.2) is 29.4 Å². The van der Waals surface area contributed by atoms with E-state index in [-0.39, 0.29) is 13.2 Å². The van der Waals surface area contributed by atoms with Crippen LogP contribution in [-0.4, -0.2) is 86.7 Å². The lowest BCUT2D eigenvalue weighted by Gasteiger charge is -2.44. The number of oxime groups is 1. The van der Waals surface area contributed by atoms with Crippen LogP contribution in [0, 0.1) is 0 Å². The summed E-state index contributed by atoms with van der Waals surface area (Å²) in [5, 5.41) is 4.12. The summed E-state index contributed by atoms with van der Waals surface area (Å²) in [5.41, 5.74) is 1.54. The molecule has 2 heterocycles. The van der Waals surface area contributed by atoms with E-state index in [9.17, 15) is 19.2 Å². The number of methoxy groups -OCH3 is 1. The molecule has 0 radical (unpaired) electrons. The van der Waals surface area contributed by atoms with E-state index in [1.165, 1.54) is 6.92 Å². The maximum absolute atomic E-state index is 11.9. The Bertz CT molecular complexity index is 1040. The molecular weight excluding hydrogens is 506 g/mol. The highest BCUT2D eigenvalue weighted by Crippen LogP contribution is 2.30. The molecule has 38 heavy (non-hydrogen) atoms. The summed E-state index contributed by atoms with van der Waals surface area (Å²) in [6.45, 7) is 4.25. The van der Waals surface area contributed by atoms with Crippen LogP contribution in [0.2, 0.25) is 0 Å². The molecule has 1 aromatic rings. The number of nitrogens with zero attached hydrogens (tertiary/aromatic N) is 1. The van der Waals surface area contributed by atoms with Crippen LogP contribution in [0.4, 0.5) is 0 Å². The first-order chi connectivity index (χ1) is 18.1. The Morgan fingerprint density at radius 1 is 0.842 bits per heavy atom. The minimum absolute atomic E-state index is 0.0447. The first-order valence-electron chi connectivity index (χ1n) is 11.9. The van der Waals surface area contributed by atoms with Crippen molar-refractivity contribution in [2.24, 2.45) is 5.16 Å². The van der Waals surface area contributed by atoms with Crippen molar-refractivity contribution >= 4 is 29.6 Å². The van der Waals surface area contributed by atoms with E-state index < -0.39 is 60.7 Å². The van der Waals surface area contributed by atoms with Gasteiger partial charge in [0.2, 0.25) is 0 Å². The molecule has 0 unspecified atom stereocenters. The van der Waals surface area contributed by atoms with Crippen molar-refractivity contribution < 1.29 is 57.2 Å². The first-order valence-corrected chi connectivity index (χ1v) is 11.9. The lowest BCUT2D eigenvalue weighted by molar-refractivity contribution is -0.311. The average Bonchev–Trinajstić information content (AvgIpc) is 3.33. The molecule has 208 valence electrons. The number of carbonyl (C=O) groups is 4. The fraction of sp³-hybridized carbons (Fsp3) is 0.560. The monoisotopic (exact) mass is 537 g/mol. The molecule has 2 aliphatic rings. The number of ether oxygens (including phenoxy) is 7. The summed E-state index contributed by atoms with van der Waals surface area (Å²) in [6.07, 6.45) is -6.35. The van der Waals surface area contributed by atoms with E-state index in [1.807, 2.05) is 12.1 Å². The molecule has 0 saturated carbocycles. The standard InChI is InChI=1S/C25H31NO12/c1-13(27)32-12-21-22(34-14(2)28)23(35-15(3)29)24(36-16(4)30)25(37-21)33-11-19-10-20(26-38-19)17-6-8-18(31-5)9-7-17/h6-9,19,21-25H,10-12H2,1-5H3/t19-,21+,22-,23-,24-,25+/m0/s1. The highest BCUT2D eigenvalue weighted by Gasteiger charge is 2.53. The van der Waals surface area contributed by atoms with Gasteiger partial charge in [0.15, 0.2) is 30.7 Å². The molecule has 3 rings (SSSR count). The lowest BCUT2D eigenvalue weighted by Crippen LogP contribution is -2.63. The molecule has 0 aliphatic carbocycles. The summed E-state index contributed by atoms with van der Waals surface area (Å²) in [7, 11) is 1.58. The molecule has 6 atom stereocenters. The Labute approximate surface area is 219 Å². The van der Waals surface area contributed by atoms with E-state index in [0.29, 0.717) is 17.9 Å². The van der Waals surface area contributed by atoms with Gasteiger partial charge in [-0.25, -0.2) is 0 Å². The Morgan fingerprint density at radius 2 is 1.45 bits per heavy atom. The van der Waals surface area contributed by atoms with Gasteiger partial charge in [0.25, 0.3) is 0 Å². The number of rotatable bonds is 10. The van der Waals surface area contributed by atoms with E-state index >= 15 is 0 Å². The summed E-state index contributed by atoms with van der Waals surface area (Å²) in [4.78, 5) is 52.6. The fourth-order valence-electron chi connectivity index (χ4n) is 4.00. The molecule has 13 heteroatoms. The van der Waals surface area contributed by atoms with Crippen LogP contribution in [-0.2, 0) is 52.4 Å². The molecule has 1 saturated heterocycles. The maximum Gasteiger partial charge on any atom is 0.303 e. The van der Waals surface area contributed by atoms with Crippen molar-refractivity contribution in [3.8, 4) is 5.75 Å². The molecule has 1 aromatic carbocycles. The largest absolute Gasteiger partial charge is 0.497 e. The van der Waals surface area contributed by atoms with E-state index in [1.54, 1.807) is 19.2 Å². The number of benzene rings is 1. The van der Waals surface area contributed by atoms with Gasteiger partial charge in [-0.1, -0.05) is 5.16 Å². The fourth-order valence-corrected chi connectivity index (χ4v) is 4.00. The second kappa shape index (κ2) is 13.2. The zero-order valence-corrected chi connectivity index (χ0v) is 21.7. The molecule has 0 spiro atoms. The lowest BCUT2D eigenvalue weighted by atomic mass is 9.98. The first kappa shape index (κ1) is 28.9. The molecule has 13 nitrogen and oxygen atoms in total. The molecule has 0 bridgehead atoms. The quantitative estimate of drug-likeness (QED) is 0.312. The molecular formula is C25H31NO12. The Hall–Kier alpha value is -3.71. The summed E-state index contributed by atoms with van der Waals surface area (Å²) in [6, 6.07) is 7.31. The summed E-state index contributed by atoms with van der Waals surface area (Å²) < 4.78 is 38.2. The van der Waals surface area contributed by atoms with E-state index in [2.05, 4.69) is 5.16 Å². The van der Waals surface area contributed by atoms with Gasteiger partial charge in [-0.3, -0.25) is 19.2 Å². The molecule has 0 N–H and O–H groups in total. The van der Waals surface area contributed by atoms with Crippen molar-refractivity contribution in [1.29, 1.82) is 0 Å². The number of esters is 4. The van der Waals surface area contributed by atoms with Crippen molar-refractivity contribution in [1.82, 2.24) is 0 Å². The normalized spacial score (nSPS) is 26.4. The molecule has 0 amide bonds. The van der Waals surface area contributed by atoms with Gasteiger partial charge in [-0.2, -0.15) is 0 Å². The second-order valence-electron chi connectivity index (χ2n) is 8.60. The third kappa shape index (κ3) is 7.89. The van der Waals surface area contributed by atoms with Crippen LogP contribution in [0.3, 0.4) is 0 Å². The smallest absolute Gasteiger partial charge is 0.303 e. The van der Waals surface area contributed by atoms with Crippen LogP contribution in [0.25, 0.3) is 0 Å². The topological polar surface area (TPSA) is 154 Å². The van der Waals surface area contributed by atoms with Crippen molar-refractivity contribution in [3.63, 3.8) is 0 Å². The van der Waals surface area contributed by atoms with Crippen LogP contribution < -0.4 is 4.74 Å². The highest BCUT2D eigenvalue weighted by atomic mass is 16.7. The number of hydrogen-bond acceptors (Lipinski definition) is 13. The summed E-state index contributed by atoms with van der Waals surface area (Å²) >= 11 is 0. The van der Waals surface area contributed by atoms with Gasteiger partial charge in [0.1, 0.15) is 18.5 Å². The highest BCUT2D eigenvalue weighted by molar-refractivity contribution is 6.01. The van der Waals surface area contributed by atoms with Crippen LogP contribution in [0.1, 0.15) is 39.7 Å². The van der Waals surface area contributed by atoms with Crippen LogP contribution in [0.5, 0.6) is 5.75 Å². The van der Waals surface area contributed by atoms with E-state index in [0.717, 1.165) is 26.3 Å². The zero-order valence-electron chi connectivity index (χ0n) is 21.7. The Kier molecular flexibility index (Phi) is 10.0. The van der Waals surface area contributed by atoms with Gasteiger partial charge in [-0.15, -0.1) is 0 Å². The minimum atomic E-state index is -1.31. The minimum Gasteiger partial charge on any atom is -0.497 e. The molecule has 1 fully saturated rings. The maximum atomic E-state index is 11.9. The number of hydrogen-bond donors (Lipinski definition) is 0. The van der Waals surface area contributed by atoms with Crippen LogP contribution >= 0.6 is 0 Å². The third-order valence-corrected chi connectivity index (χ3v) is 5.55. The molecule has 0 aromatic heterocycles. The Balaban J connectivity index is 1.76. The van der Waals surface area contributed by atoms with Gasteiger partial charge < -0.3 is 38.0 Å². The van der Waals surface area contributed by atoms with Gasteiger partial charge in [0.05, 0.1) is 19.4 Å². The van der Waals surface area contributed by atoms with Gasteiger partial charge in [-0.05, 0) is 29.8 Å². The van der Waals surface area contributed by atoms with E-state index in [4.69, 9.17) is 38.0 Å². The average molecular weight is 538 g/mol. The third-order valence-electron chi connectivity index (χ3n) is 5.55. The SMILES string of the molecule is COc1ccc(C2=NO[C@H](CO[C@@H]3O[C@H](COC(C)=O)[C@H](OC(C)=O)[C@H](OC(C)=O)[C@@H]3OC(C)=O)C2)cc1. The molecule has 2 aliphatic heterocycles. The predicted molar refractivity (Wildman–Crippen MR) is 127 cm³/mol. The number of carbonyl (C=O) groups excluding carboxylic acids is 4. The van der Waals surface area contributed by atoms with Crippen molar-refractivity contribution in [2.45, 2.75) is 70.9 Å². The second-order valence-corrected chi connectivity index (χ2v) is 8.60. The zero-order chi connectivity index (χ0) is 27.8. The van der Waals surface area contributed by atoms with Gasteiger partial charge >= 0.3 is 23.9 Å². The van der Waals surface area contributed by atoms with Gasteiger partial charge in [0, 0.05) is 34.1 Å². The van der Waals surface area contributed by atoms with Crippen molar-refractivity contribution in [2.75, 3.05) is 20.3 Å². The van der Waals surface area contributed by atoms with Crippen molar-refractivity contribution in [3.05, 3.63) is 29.8 Å².